The first-order valence-electron chi connectivity index (χ1n) is 6.70. The number of hydrogen-bond donors (Lipinski definition) is 2. The van der Waals surface area contributed by atoms with Crippen molar-refractivity contribution in [2.45, 2.75) is 13.5 Å². The topological polar surface area (TPSA) is 72.3 Å². The van der Waals surface area contributed by atoms with Crippen LogP contribution in [0.4, 0.5) is 11.4 Å². The van der Waals surface area contributed by atoms with Crippen molar-refractivity contribution in [2.75, 3.05) is 17.2 Å². The molecule has 5 heteroatoms. The lowest BCUT2D eigenvalue weighted by molar-refractivity contribution is 0.100. The maximum atomic E-state index is 11.6. The molecule has 21 heavy (non-hydrogen) atoms. The summed E-state index contributed by atoms with van der Waals surface area (Å²) in [6.07, 6.45) is 0. The first kappa shape index (κ1) is 15.2. The lowest BCUT2D eigenvalue weighted by Crippen LogP contribution is -2.25. The number of carbonyl (C=O) groups excluding carboxylic acids is 1. The molecule has 0 aromatic heterocycles. The Morgan fingerprint density at radius 1 is 1.19 bits per heavy atom. The highest BCUT2D eigenvalue weighted by molar-refractivity contribution is 6.31. The van der Waals surface area contributed by atoms with Crippen molar-refractivity contribution in [3.05, 3.63) is 58.6 Å². The molecule has 4 nitrogen and oxygen atoms in total. The van der Waals surface area contributed by atoms with Crippen LogP contribution in [0.5, 0.6) is 0 Å². The van der Waals surface area contributed by atoms with Gasteiger partial charge in [-0.3, -0.25) is 4.79 Å². The predicted octanol–water partition coefficient (Wildman–Crippen LogP) is 3.05. The molecule has 2 rings (SSSR count). The molecule has 2 aromatic rings. The van der Waals surface area contributed by atoms with Gasteiger partial charge in [0.1, 0.15) is 0 Å². The summed E-state index contributed by atoms with van der Waals surface area (Å²) >= 11 is 6.05. The summed E-state index contributed by atoms with van der Waals surface area (Å²) in [5.41, 5.74) is 14.2. The van der Waals surface area contributed by atoms with Crippen LogP contribution in [0, 0.1) is 0 Å². The van der Waals surface area contributed by atoms with Gasteiger partial charge in [0.15, 0.2) is 0 Å². The van der Waals surface area contributed by atoms with Gasteiger partial charge < -0.3 is 16.4 Å². The van der Waals surface area contributed by atoms with Crippen molar-refractivity contribution >= 4 is 28.9 Å². The van der Waals surface area contributed by atoms with E-state index in [1.54, 1.807) is 18.2 Å². The summed E-state index contributed by atoms with van der Waals surface area (Å²) in [5, 5.41) is 0.575. The van der Waals surface area contributed by atoms with E-state index in [1.807, 2.05) is 31.2 Å². The Balaban J connectivity index is 2.34. The van der Waals surface area contributed by atoms with E-state index in [0.29, 0.717) is 17.1 Å². The average Bonchev–Trinajstić information content (AvgIpc) is 2.46. The van der Waals surface area contributed by atoms with Gasteiger partial charge in [0.05, 0.1) is 11.3 Å². The third-order valence-corrected chi connectivity index (χ3v) is 3.54. The molecule has 2 aromatic carbocycles. The fraction of sp³-hybridized carbons (Fsp3) is 0.188. The van der Waals surface area contributed by atoms with Gasteiger partial charge in [0, 0.05) is 23.8 Å². The van der Waals surface area contributed by atoms with Crippen LogP contribution < -0.4 is 16.4 Å². The minimum Gasteiger partial charge on any atom is -0.399 e. The number of carbonyl (C=O) groups is 1. The Bertz CT molecular complexity index is 640. The Morgan fingerprint density at radius 2 is 1.86 bits per heavy atom. The molecule has 0 radical (unpaired) electrons. The Hall–Kier alpha value is -2.20. The summed E-state index contributed by atoms with van der Waals surface area (Å²) in [7, 11) is 0. The largest absolute Gasteiger partial charge is 0.399 e. The highest BCUT2D eigenvalue weighted by Gasteiger charge is 2.14. The number of benzene rings is 2. The number of nitrogens with two attached hydrogens (primary N) is 2. The molecule has 0 aliphatic rings. The summed E-state index contributed by atoms with van der Waals surface area (Å²) in [5.74, 6) is -0.461. The molecule has 1 amide bonds. The molecule has 0 aliphatic carbocycles. The minimum absolute atomic E-state index is 0.461. The predicted molar refractivity (Wildman–Crippen MR) is 87.5 cm³/mol. The smallest absolute Gasteiger partial charge is 0.250 e. The second kappa shape index (κ2) is 6.50. The van der Waals surface area contributed by atoms with Gasteiger partial charge in [-0.05, 0) is 42.8 Å². The number of primary amides is 1. The highest BCUT2D eigenvalue weighted by atomic mass is 35.5. The van der Waals surface area contributed by atoms with Crippen molar-refractivity contribution in [1.82, 2.24) is 0 Å². The van der Waals surface area contributed by atoms with E-state index in [9.17, 15) is 4.79 Å². The third-order valence-electron chi connectivity index (χ3n) is 3.30. The number of nitrogens with zero attached hydrogens (tertiary/aromatic N) is 1. The molecule has 110 valence electrons. The number of nitrogen functional groups attached to an aromatic ring is 1. The van der Waals surface area contributed by atoms with Gasteiger partial charge in [0.25, 0.3) is 5.91 Å². The molecule has 0 heterocycles. The van der Waals surface area contributed by atoms with Gasteiger partial charge >= 0.3 is 0 Å². The molecule has 0 aliphatic heterocycles. The number of halogens is 1. The number of amides is 1. The van der Waals surface area contributed by atoms with Crippen LogP contribution >= 0.6 is 11.6 Å². The van der Waals surface area contributed by atoms with E-state index in [2.05, 4.69) is 4.90 Å². The van der Waals surface area contributed by atoms with Crippen LogP contribution in [-0.2, 0) is 6.54 Å². The molecule has 0 saturated heterocycles. The lowest BCUT2D eigenvalue weighted by atomic mass is 10.1. The van der Waals surface area contributed by atoms with Crippen molar-refractivity contribution in [3.63, 3.8) is 0 Å². The van der Waals surface area contributed by atoms with Gasteiger partial charge in [0.2, 0.25) is 0 Å². The Kier molecular flexibility index (Phi) is 4.70. The highest BCUT2D eigenvalue weighted by Crippen LogP contribution is 2.26. The van der Waals surface area contributed by atoms with Crippen LogP contribution in [-0.4, -0.2) is 12.5 Å². The van der Waals surface area contributed by atoms with E-state index in [1.165, 1.54) is 0 Å². The fourth-order valence-electron chi connectivity index (χ4n) is 2.19. The van der Waals surface area contributed by atoms with Crippen molar-refractivity contribution < 1.29 is 4.79 Å². The van der Waals surface area contributed by atoms with Crippen LogP contribution in [0.25, 0.3) is 0 Å². The molecular weight excluding hydrogens is 286 g/mol. The van der Waals surface area contributed by atoms with Crippen molar-refractivity contribution in [1.29, 1.82) is 0 Å². The van der Waals surface area contributed by atoms with Crippen LogP contribution in [0.2, 0.25) is 5.02 Å². The van der Waals surface area contributed by atoms with E-state index in [-0.39, 0.29) is 0 Å². The zero-order chi connectivity index (χ0) is 15.4. The second-order valence-corrected chi connectivity index (χ2v) is 5.22. The monoisotopic (exact) mass is 303 g/mol. The molecule has 0 spiro atoms. The maximum Gasteiger partial charge on any atom is 0.250 e. The number of anilines is 2. The normalized spacial score (nSPS) is 10.4. The van der Waals surface area contributed by atoms with E-state index in [4.69, 9.17) is 23.1 Å². The Morgan fingerprint density at radius 3 is 2.43 bits per heavy atom. The molecule has 4 N–H and O–H groups in total. The summed E-state index contributed by atoms with van der Waals surface area (Å²) in [4.78, 5) is 13.6. The van der Waals surface area contributed by atoms with Crippen LogP contribution in [0.1, 0.15) is 22.8 Å². The zero-order valence-corrected chi connectivity index (χ0v) is 12.6. The lowest BCUT2D eigenvalue weighted by Gasteiger charge is -2.25. The SMILES string of the molecule is CCN(Cc1ccc(N)cc1)c1cc(Cl)ccc1C(N)=O. The van der Waals surface area contributed by atoms with Crippen LogP contribution in [0.15, 0.2) is 42.5 Å². The van der Waals surface area contributed by atoms with Crippen molar-refractivity contribution in [3.8, 4) is 0 Å². The summed E-state index contributed by atoms with van der Waals surface area (Å²) in [6.45, 7) is 3.39. The molecule has 0 unspecified atom stereocenters. The molecule has 0 saturated carbocycles. The molecular formula is C16H18ClN3O. The zero-order valence-electron chi connectivity index (χ0n) is 11.8. The third kappa shape index (κ3) is 3.67. The molecule has 0 atom stereocenters. The number of rotatable bonds is 5. The van der Waals surface area contributed by atoms with Gasteiger partial charge in [-0.15, -0.1) is 0 Å². The second-order valence-electron chi connectivity index (χ2n) is 4.78. The quantitative estimate of drug-likeness (QED) is 0.834. The average molecular weight is 304 g/mol. The first-order chi connectivity index (χ1) is 10.0. The van der Waals surface area contributed by atoms with E-state index < -0.39 is 5.91 Å². The maximum absolute atomic E-state index is 11.6. The first-order valence-corrected chi connectivity index (χ1v) is 7.07. The van der Waals surface area contributed by atoms with Gasteiger partial charge in [-0.1, -0.05) is 23.7 Å². The fourth-order valence-corrected chi connectivity index (χ4v) is 2.35. The minimum atomic E-state index is -0.461. The summed E-state index contributed by atoms with van der Waals surface area (Å²) < 4.78 is 0. The van der Waals surface area contributed by atoms with Crippen LogP contribution in [0.3, 0.4) is 0 Å². The Labute approximate surface area is 129 Å². The summed E-state index contributed by atoms with van der Waals surface area (Å²) in [6, 6.07) is 12.7. The van der Waals surface area contributed by atoms with Gasteiger partial charge in [-0.25, -0.2) is 0 Å². The van der Waals surface area contributed by atoms with Crippen molar-refractivity contribution in [2.24, 2.45) is 5.73 Å². The molecule has 0 bridgehead atoms. The number of hydrogen-bond acceptors (Lipinski definition) is 3. The van der Waals surface area contributed by atoms with Gasteiger partial charge in [-0.2, -0.15) is 0 Å². The standard InChI is InChI=1S/C16H18ClN3O/c1-2-20(10-11-3-6-13(18)7-4-11)15-9-12(17)5-8-14(15)16(19)21/h3-9H,2,10,18H2,1H3,(H2,19,21). The molecule has 0 fully saturated rings. The van der Waals surface area contributed by atoms with E-state index >= 15 is 0 Å². The van der Waals surface area contributed by atoms with E-state index in [0.717, 1.165) is 23.5 Å².